The second-order valence-electron chi connectivity index (χ2n) is 6.41. The molecule has 1 heterocycles. The van der Waals surface area contributed by atoms with Gasteiger partial charge in [0.1, 0.15) is 5.69 Å². The number of carbonyl (C=O) groups excluding carboxylic acids is 2. The van der Waals surface area contributed by atoms with Crippen LogP contribution >= 0.6 is 0 Å². The van der Waals surface area contributed by atoms with Gasteiger partial charge in [0.2, 0.25) is 0 Å². The maximum absolute atomic E-state index is 12.4. The van der Waals surface area contributed by atoms with Crippen LogP contribution in [0.1, 0.15) is 63.0 Å². The van der Waals surface area contributed by atoms with Crippen LogP contribution in [0.15, 0.2) is 24.3 Å². The minimum absolute atomic E-state index is 0.121. The number of hydrogen-bond acceptors (Lipinski definition) is 3. The number of Topliss-reactive ketones (excluding diaryl/α,β-unsaturated/α-hetero) is 1. The van der Waals surface area contributed by atoms with Crippen molar-refractivity contribution in [3.63, 3.8) is 0 Å². The van der Waals surface area contributed by atoms with Crippen molar-refractivity contribution < 1.29 is 14.3 Å². The van der Waals surface area contributed by atoms with Crippen LogP contribution in [0.25, 0.3) is 0 Å². The van der Waals surface area contributed by atoms with Crippen molar-refractivity contribution >= 4 is 11.8 Å². The number of ketones is 1. The normalized spacial score (nSPS) is 13.7. The number of benzene rings is 1. The zero-order valence-electron chi connectivity index (χ0n) is 14.5. The SMILES string of the molecule is CCOC(=O)c1cc2c(n1Cc1ccc(C)c(C)c1)C(=O)CCC2. The first kappa shape index (κ1) is 16.5. The predicted octanol–water partition coefficient (Wildman–Crippen LogP) is 3.85. The molecule has 0 fully saturated rings. The molecule has 0 bridgehead atoms. The fourth-order valence-corrected chi connectivity index (χ4v) is 3.31. The Hall–Kier alpha value is -2.36. The summed E-state index contributed by atoms with van der Waals surface area (Å²) in [6.07, 6.45) is 2.24. The van der Waals surface area contributed by atoms with Crippen molar-refractivity contribution in [2.45, 2.75) is 46.6 Å². The predicted molar refractivity (Wildman–Crippen MR) is 92.7 cm³/mol. The summed E-state index contributed by atoms with van der Waals surface area (Å²) in [7, 11) is 0. The number of nitrogens with zero attached hydrogens (tertiary/aromatic N) is 1. The van der Waals surface area contributed by atoms with Crippen molar-refractivity contribution in [2.24, 2.45) is 0 Å². The lowest BCUT2D eigenvalue weighted by Crippen LogP contribution is -2.19. The molecule has 0 amide bonds. The zero-order chi connectivity index (χ0) is 17.3. The minimum atomic E-state index is -0.358. The first-order chi connectivity index (χ1) is 11.5. The van der Waals surface area contributed by atoms with E-state index < -0.39 is 0 Å². The van der Waals surface area contributed by atoms with E-state index in [-0.39, 0.29) is 11.8 Å². The van der Waals surface area contributed by atoms with E-state index in [9.17, 15) is 9.59 Å². The molecule has 0 unspecified atom stereocenters. The standard InChI is InChI=1S/C20H23NO3/c1-4-24-20(23)17-11-16-6-5-7-18(22)19(16)21(17)12-15-9-8-13(2)14(3)10-15/h8-11H,4-7,12H2,1-3H3. The average molecular weight is 325 g/mol. The molecule has 126 valence electrons. The van der Waals surface area contributed by atoms with Gasteiger partial charge in [0, 0.05) is 13.0 Å². The number of hydrogen-bond donors (Lipinski definition) is 0. The van der Waals surface area contributed by atoms with Gasteiger partial charge in [-0.15, -0.1) is 0 Å². The van der Waals surface area contributed by atoms with E-state index in [1.807, 2.05) is 10.6 Å². The van der Waals surface area contributed by atoms with Crippen molar-refractivity contribution in [1.82, 2.24) is 4.57 Å². The molecule has 1 aromatic carbocycles. The summed E-state index contributed by atoms with van der Waals surface area (Å²) in [6, 6.07) is 8.08. The Morgan fingerprint density at radius 1 is 1.17 bits per heavy atom. The van der Waals surface area contributed by atoms with E-state index in [0.717, 1.165) is 24.0 Å². The van der Waals surface area contributed by atoms with Crippen LogP contribution in [0.2, 0.25) is 0 Å². The molecule has 24 heavy (non-hydrogen) atoms. The molecule has 1 aliphatic carbocycles. The zero-order valence-corrected chi connectivity index (χ0v) is 14.5. The highest BCUT2D eigenvalue weighted by molar-refractivity contribution is 6.00. The van der Waals surface area contributed by atoms with E-state index in [1.54, 1.807) is 6.92 Å². The number of aromatic nitrogens is 1. The van der Waals surface area contributed by atoms with Crippen LogP contribution in [-0.2, 0) is 17.7 Å². The third-order valence-corrected chi connectivity index (χ3v) is 4.69. The lowest BCUT2D eigenvalue weighted by molar-refractivity contribution is 0.0514. The molecule has 0 aliphatic heterocycles. The van der Waals surface area contributed by atoms with E-state index in [4.69, 9.17) is 4.74 Å². The Morgan fingerprint density at radius 2 is 1.96 bits per heavy atom. The summed E-state index contributed by atoms with van der Waals surface area (Å²) in [4.78, 5) is 24.8. The maximum atomic E-state index is 12.4. The van der Waals surface area contributed by atoms with Crippen molar-refractivity contribution in [2.75, 3.05) is 6.61 Å². The fraction of sp³-hybridized carbons (Fsp3) is 0.400. The molecule has 2 aromatic rings. The molecule has 4 nitrogen and oxygen atoms in total. The maximum Gasteiger partial charge on any atom is 0.354 e. The molecule has 1 aromatic heterocycles. The van der Waals surface area contributed by atoms with Gasteiger partial charge in [-0.3, -0.25) is 4.79 Å². The molecule has 0 radical (unpaired) electrons. The number of carbonyl (C=O) groups is 2. The van der Waals surface area contributed by atoms with Crippen molar-refractivity contribution in [1.29, 1.82) is 0 Å². The second kappa shape index (κ2) is 6.63. The van der Waals surface area contributed by atoms with E-state index in [0.29, 0.717) is 31.0 Å². The largest absolute Gasteiger partial charge is 0.461 e. The summed E-state index contributed by atoms with van der Waals surface area (Å²) in [5, 5.41) is 0. The number of esters is 1. The summed E-state index contributed by atoms with van der Waals surface area (Å²) in [5.74, 6) is -0.237. The lowest BCUT2D eigenvalue weighted by Gasteiger charge is -2.16. The topological polar surface area (TPSA) is 48.3 Å². The molecule has 0 saturated heterocycles. The van der Waals surface area contributed by atoms with Crippen LogP contribution in [0, 0.1) is 13.8 Å². The highest BCUT2D eigenvalue weighted by atomic mass is 16.5. The van der Waals surface area contributed by atoms with Gasteiger partial charge in [-0.2, -0.15) is 0 Å². The molecule has 0 N–H and O–H groups in total. The number of ether oxygens (including phenoxy) is 1. The first-order valence-electron chi connectivity index (χ1n) is 8.50. The monoisotopic (exact) mass is 325 g/mol. The summed E-state index contributed by atoms with van der Waals surface area (Å²) >= 11 is 0. The van der Waals surface area contributed by atoms with Gasteiger partial charge in [0.05, 0.1) is 12.3 Å². The lowest BCUT2D eigenvalue weighted by atomic mass is 9.96. The highest BCUT2D eigenvalue weighted by Gasteiger charge is 2.27. The van der Waals surface area contributed by atoms with Gasteiger partial charge in [-0.25, -0.2) is 4.79 Å². The van der Waals surface area contributed by atoms with E-state index >= 15 is 0 Å². The first-order valence-corrected chi connectivity index (χ1v) is 8.50. The average Bonchev–Trinajstić information content (AvgIpc) is 2.91. The van der Waals surface area contributed by atoms with Crippen molar-refractivity contribution in [3.05, 3.63) is 57.9 Å². The van der Waals surface area contributed by atoms with Crippen LogP contribution < -0.4 is 0 Å². The van der Waals surface area contributed by atoms with Gasteiger partial charge < -0.3 is 9.30 Å². The highest BCUT2D eigenvalue weighted by Crippen LogP contribution is 2.27. The third-order valence-electron chi connectivity index (χ3n) is 4.69. The van der Waals surface area contributed by atoms with Gasteiger partial charge in [-0.05, 0) is 61.9 Å². The Kier molecular flexibility index (Phi) is 4.56. The number of rotatable bonds is 4. The Labute approximate surface area is 142 Å². The molecule has 0 saturated carbocycles. The third kappa shape index (κ3) is 3.01. The molecule has 1 aliphatic rings. The summed E-state index contributed by atoms with van der Waals surface area (Å²) in [6.45, 7) is 6.77. The molecule has 0 spiro atoms. The van der Waals surface area contributed by atoms with Gasteiger partial charge in [0.15, 0.2) is 5.78 Å². The van der Waals surface area contributed by atoms with E-state index in [2.05, 4.69) is 32.0 Å². The number of aryl methyl sites for hydroxylation is 3. The molecule has 0 atom stereocenters. The van der Waals surface area contributed by atoms with E-state index in [1.165, 1.54) is 11.1 Å². The molecular formula is C20H23NO3. The smallest absolute Gasteiger partial charge is 0.354 e. The van der Waals surface area contributed by atoms with Crippen LogP contribution in [0.4, 0.5) is 0 Å². The Bertz CT molecular complexity index is 801. The Morgan fingerprint density at radius 3 is 2.67 bits per heavy atom. The Balaban J connectivity index is 2.06. The van der Waals surface area contributed by atoms with Crippen molar-refractivity contribution in [3.8, 4) is 0 Å². The molecular weight excluding hydrogens is 302 g/mol. The van der Waals surface area contributed by atoms with Crippen LogP contribution in [0.5, 0.6) is 0 Å². The van der Waals surface area contributed by atoms with Gasteiger partial charge in [-0.1, -0.05) is 18.2 Å². The summed E-state index contributed by atoms with van der Waals surface area (Å²) in [5.41, 5.74) is 5.66. The van der Waals surface area contributed by atoms with Crippen LogP contribution in [-0.4, -0.2) is 22.9 Å². The quantitative estimate of drug-likeness (QED) is 0.802. The van der Waals surface area contributed by atoms with Gasteiger partial charge >= 0.3 is 5.97 Å². The number of fused-ring (bicyclic) bond motifs is 1. The second-order valence-corrected chi connectivity index (χ2v) is 6.41. The summed E-state index contributed by atoms with van der Waals surface area (Å²) < 4.78 is 7.04. The van der Waals surface area contributed by atoms with Gasteiger partial charge in [0.25, 0.3) is 0 Å². The molecule has 4 heteroatoms. The minimum Gasteiger partial charge on any atom is -0.461 e. The van der Waals surface area contributed by atoms with Crippen LogP contribution in [0.3, 0.4) is 0 Å². The molecule has 3 rings (SSSR count). The fourth-order valence-electron chi connectivity index (χ4n) is 3.31.